The van der Waals surface area contributed by atoms with Crippen LogP contribution in [-0.4, -0.2) is 39.3 Å². The second kappa shape index (κ2) is 11.5. The molecular formula is C31H27NO9. The highest BCUT2D eigenvalue weighted by atomic mass is 16.6. The van der Waals surface area contributed by atoms with Gasteiger partial charge < -0.3 is 28.4 Å². The van der Waals surface area contributed by atoms with Crippen molar-refractivity contribution in [2.24, 2.45) is 0 Å². The summed E-state index contributed by atoms with van der Waals surface area (Å²) < 4.78 is 34.2. The van der Waals surface area contributed by atoms with Crippen LogP contribution in [0.3, 0.4) is 0 Å². The van der Waals surface area contributed by atoms with Crippen molar-refractivity contribution in [3.05, 3.63) is 111 Å². The molecule has 0 aliphatic carbocycles. The van der Waals surface area contributed by atoms with Crippen molar-refractivity contribution in [2.75, 3.05) is 28.4 Å². The molecule has 210 valence electrons. The minimum absolute atomic E-state index is 0.130. The molecule has 41 heavy (non-hydrogen) atoms. The Morgan fingerprint density at radius 3 is 1.93 bits per heavy atom. The Bertz CT molecular complexity index is 1560. The van der Waals surface area contributed by atoms with Crippen LogP contribution < -0.4 is 28.4 Å². The Morgan fingerprint density at radius 2 is 1.37 bits per heavy atom. The fourth-order valence-corrected chi connectivity index (χ4v) is 4.80. The van der Waals surface area contributed by atoms with E-state index in [0.717, 1.165) is 16.7 Å². The molecule has 2 atom stereocenters. The Hall–Kier alpha value is -5.25. The molecule has 4 aromatic carbocycles. The van der Waals surface area contributed by atoms with E-state index < -0.39 is 17.0 Å². The smallest absolute Gasteiger partial charge is 0.343 e. The number of benzene rings is 4. The van der Waals surface area contributed by atoms with Crippen molar-refractivity contribution < 1.29 is 38.1 Å². The average Bonchev–Trinajstić information content (AvgIpc) is 3.38. The molecule has 0 spiro atoms. The molecule has 4 aromatic rings. The Balaban J connectivity index is 1.58. The normalized spacial score (nSPS) is 15.3. The summed E-state index contributed by atoms with van der Waals surface area (Å²) in [6.45, 7) is 0. The number of hydrogen-bond donors (Lipinski definition) is 0. The summed E-state index contributed by atoms with van der Waals surface area (Å²) in [7, 11) is 6.23. The summed E-state index contributed by atoms with van der Waals surface area (Å²) in [6.07, 6.45) is -0.446. The molecule has 10 nitrogen and oxygen atoms in total. The number of carbonyl (C=O) groups is 1. The number of carbonyl (C=O) groups excluding carboxylic acids is 1. The van der Waals surface area contributed by atoms with E-state index >= 15 is 0 Å². The van der Waals surface area contributed by atoms with Crippen molar-refractivity contribution in [3.8, 4) is 34.5 Å². The SMILES string of the molecule is COc1ccc([C@H]2Oc3cc(OC)c(OC(=O)c4ccc([N+](=O)[O-])cc4)cc3[C@@H]2c2cc(OC)cc(OC)c2)cc1. The number of fused-ring (bicyclic) bond motifs is 1. The van der Waals surface area contributed by atoms with Crippen molar-refractivity contribution in [1.29, 1.82) is 0 Å². The van der Waals surface area contributed by atoms with Crippen molar-refractivity contribution >= 4 is 11.7 Å². The number of ether oxygens (including phenoxy) is 6. The molecular weight excluding hydrogens is 530 g/mol. The fraction of sp³-hybridized carbons (Fsp3) is 0.194. The van der Waals surface area contributed by atoms with Gasteiger partial charge in [-0.2, -0.15) is 0 Å². The lowest BCUT2D eigenvalue weighted by Gasteiger charge is -2.21. The molecule has 0 bridgehead atoms. The van der Waals surface area contributed by atoms with Gasteiger partial charge in [0.25, 0.3) is 5.69 Å². The third kappa shape index (κ3) is 5.44. The number of nitro benzene ring substituents is 1. The maximum atomic E-state index is 13.0. The number of non-ortho nitro benzene ring substituents is 1. The van der Waals surface area contributed by atoms with Gasteiger partial charge in [0.05, 0.1) is 44.8 Å². The van der Waals surface area contributed by atoms with E-state index in [1.165, 1.54) is 31.4 Å². The van der Waals surface area contributed by atoms with Gasteiger partial charge in [-0.3, -0.25) is 10.1 Å². The number of methoxy groups -OCH3 is 4. The average molecular weight is 558 g/mol. The van der Waals surface area contributed by atoms with Gasteiger partial charge in [-0.15, -0.1) is 0 Å². The molecule has 0 aromatic heterocycles. The molecule has 0 saturated carbocycles. The second-order valence-electron chi connectivity index (χ2n) is 9.17. The van der Waals surface area contributed by atoms with Gasteiger partial charge >= 0.3 is 5.97 Å². The van der Waals surface area contributed by atoms with Crippen molar-refractivity contribution in [1.82, 2.24) is 0 Å². The molecule has 0 amide bonds. The van der Waals surface area contributed by atoms with Crippen LogP contribution in [0.2, 0.25) is 0 Å². The minimum atomic E-state index is -0.691. The molecule has 10 heteroatoms. The largest absolute Gasteiger partial charge is 0.497 e. The summed E-state index contributed by atoms with van der Waals surface area (Å²) in [5, 5.41) is 11.0. The highest BCUT2D eigenvalue weighted by Crippen LogP contribution is 2.53. The number of nitrogens with zero attached hydrogens (tertiary/aromatic N) is 1. The highest BCUT2D eigenvalue weighted by Gasteiger charge is 2.39. The minimum Gasteiger partial charge on any atom is -0.497 e. The van der Waals surface area contributed by atoms with Gasteiger partial charge in [0.15, 0.2) is 11.5 Å². The molecule has 0 unspecified atom stereocenters. The van der Waals surface area contributed by atoms with Gasteiger partial charge in [-0.1, -0.05) is 12.1 Å². The Morgan fingerprint density at radius 1 is 0.732 bits per heavy atom. The zero-order valence-electron chi connectivity index (χ0n) is 22.8. The first kappa shape index (κ1) is 27.3. The quantitative estimate of drug-likeness (QED) is 0.104. The van der Waals surface area contributed by atoms with Crippen LogP contribution in [0.15, 0.2) is 78.9 Å². The van der Waals surface area contributed by atoms with Crippen molar-refractivity contribution in [3.63, 3.8) is 0 Å². The monoisotopic (exact) mass is 557 g/mol. The maximum Gasteiger partial charge on any atom is 0.343 e. The predicted octanol–water partition coefficient (Wildman–Crippen LogP) is 6.11. The standard InChI is InChI=1S/C31H27NO9/c1-36-22-11-7-18(8-12-22)30-29(20-13-23(37-2)15-24(14-20)38-3)25-16-28(27(39-4)17-26(25)40-30)41-31(33)19-5-9-21(10-6-19)32(34)35/h5-17,29-30H,1-4H3/t29-,30+/m0/s1. The van der Waals surface area contributed by atoms with Crippen LogP contribution in [0.4, 0.5) is 5.69 Å². The van der Waals surface area contributed by atoms with Crippen LogP contribution in [0.5, 0.6) is 34.5 Å². The fourth-order valence-electron chi connectivity index (χ4n) is 4.80. The number of nitro groups is 1. The van der Waals surface area contributed by atoms with Gasteiger partial charge in [-0.25, -0.2) is 4.79 Å². The third-order valence-electron chi connectivity index (χ3n) is 6.88. The van der Waals surface area contributed by atoms with Crippen LogP contribution in [0, 0.1) is 10.1 Å². The van der Waals surface area contributed by atoms with Gasteiger partial charge in [-0.05, 0) is 53.6 Å². The number of hydrogen-bond acceptors (Lipinski definition) is 9. The van der Waals surface area contributed by atoms with E-state index in [-0.39, 0.29) is 28.7 Å². The molecule has 0 N–H and O–H groups in total. The lowest BCUT2D eigenvalue weighted by Crippen LogP contribution is -2.12. The van der Waals surface area contributed by atoms with Gasteiger partial charge in [0, 0.05) is 29.8 Å². The lowest BCUT2D eigenvalue weighted by atomic mass is 9.85. The van der Waals surface area contributed by atoms with Crippen LogP contribution in [0.1, 0.15) is 39.1 Å². The summed E-state index contributed by atoms with van der Waals surface area (Å²) in [5.74, 6) is 1.92. The molecule has 1 aliphatic heterocycles. The van der Waals surface area contributed by atoms with Gasteiger partial charge in [0.1, 0.15) is 29.1 Å². The molecule has 0 fully saturated rings. The van der Waals surface area contributed by atoms with E-state index in [1.807, 2.05) is 36.4 Å². The first-order valence-corrected chi connectivity index (χ1v) is 12.6. The lowest BCUT2D eigenvalue weighted by molar-refractivity contribution is -0.384. The maximum absolute atomic E-state index is 13.0. The molecule has 1 aliphatic rings. The first-order chi connectivity index (χ1) is 19.8. The molecule has 1 heterocycles. The predicted molar refractivity (Wildman–Crippen MR) is 149 cm³/mol. The second-order valence-corrected chi connectivity index (χ2v) is 9.17. The first-order valence-electron chi connectivity index (χ1n) is 12.6. The number of rotatable bonds is 9. The van der Waals surface area contributed by atoms with E-state index in [1.54, 1.807) is 39.5 Å². The topological polar surface area (TPSA) is 116 Å². The molecule has 0 radical (unpaired) electrons. The van der Waals surface area contributed by atoms with Crippen molar-refractivity contribution in [2.45, 2.75) is 12.0 Å². The highest BCUT2D eigenvalue weighted by molar-refractivity contribution is 5.91. The van der Waals surface area contributed by atoms with E-state index in [0.29, 0.717) is 23.0 Å². The summed E-state index contributed by atoms with van der Waals surface area (Å²) >= 11 is 0. The summed E-state index contributed by atoms with van der Waals surface area (Å²) in [4.78, 5) is 23.5. The number of esters is 1. The molecule has 0 saturated heterocycles. The zero-order chi connectivity index (χ0) is 29.1. The van der Waals surface area contributed by atoms with Gasteiger partial charge in [0.2, 0.25) is 0 Å². The van der Waals surface area contributed by atoms with Crippen LogP contribution >= 0.6 is 0 Å². The third-order valence-corrected chi connectivity index (χ3v) is 6.88. The zero-order valence-corrected chi connectivity index (χ0v) is 22.8. The van der Waals surface area contributed by atoms with E-state index in [4.69, 9.17) is 28.4 Å². The molecule has 5 rings (SSSR count). The van der Waals surface area contributed by atoms with E-state index in [2.05, 4.69) is 0 Å². The summed E-state index contributed by atoms with van der Waals surface area (Å²) in [6, 6.07) is 21.8. The van der Waals surface area contributed by atoms with Crippen LogP contribution in [-0.2, 0) is 0 Å². The summed E-state index contributed by atoms with van der Waals surface area (Å²) in [5.41, 5.74) is 2.54. The van der Waals surface area contributed by atoms with E-state index in [9.17, 15) is 14.9 Å². The Kier molecular flexibility index (Phi) is 7.64. The Labute approximate surface area is 236 Å². The van der Waals surface area contributed by atoms with Crippen LogP contribution in [0.25, 0.3) is 0 Å².